The number of carboxylic acids is 1. The molecule has 86 valence electrons. The van der Waals surface area contributed by atoms with E-state index in [2.05, 4.69) is 0 Å². The maximum atomic E-state index is 11.2. The van der Waals surface area contributed by atoms with E-state index >= 15 is 0 Å². The monoisotopic (exact) mass is 214 g/mol. The lowest BCUT2D eigenvalue weighted by Gasteiger charge is -2.44. The normalized spacial score (nSPS) is 29.7. The Bertz CT molecular complexity index is 280. The number of carboxylic acid groups (broad SMARTS) is 1. The zero-order chi connectivity index (χ0) is 11.6. The van der Waals surface area contributed by atoms with Gasteiger partial charge in [-0.25, -0.2) is 0 Å². The van der Waals surface area contributed by atoms with Crippen molar-refractivity contribution in [3.8, 4) is 0 Å². The summed E-state index contributed by atoms with van der Waals surface area (Å²) in [6.45, 7) is 3.94. The molecule has 0 spiro atoms. The maximum Gasteiger partial charge on any atom is 0.323 e. The van der Waals surface area contributed by atoms with Crippen LogP contribution in [0, 0.1) is 0 Å². The number of nitrogens with two attached hydrogens (primary N) is 1. The number of nitrogens with zero attached hydrogens (tertiary/aromatic N) is 1. The zero-order valence-corrected chi connectivity index (χ0v) is 9.19. The summed E-state index contributed by atoms with van der Waals surface area (Å²) in [5.74, 6) is -1.35. The molecule has 0 aromatic carbocycles. The Labute approximate surface area is 89.2 Å². The Balaban J connectivity index is 2.92. The van der Waals surface area contributed by atoms with E-state index in [1.54, 1.807) is 18.7 Å². The second-order valence-corrected chi connectivity index (χ2v) is 4.31. The Morgan fingerprint density at radius 1 is 1.47 bits per heavy atom. The van der Waals surface area contributed by atoms with Crippen LogP contribution in [0.25, 0.3) is 0 Å². The molecule has 1 amide bonds. The van der Waals surface area contributed by atoms with Crippen LogP contribution in [0.5, 0.6) is 0 Å². The SMILES string of the molecule is CC(C(N)=O)N1CCCCC1(C)C(=O)O. The smallest absolute Gasteiger partial charge is 0.323 e. The van der Waals surface area contributed by atoms with Gasteiger partial charge >= 0.3 is 5.97 Å². The van der Waals surface area contributed by atoms with Gasteiger partial charge in [0.1, 0.15) is 5.54 Å². The van der Waals surface area contributed by atoms with Crippen molar-refractivity contribution in [3.05, 3.63) is 0 Å². The second-order valence-electron chi connectivity index (χ2n) is 4.31. The van der Waals surface area contributed by atoms with Crippen LogP contribution in [0.3, 0.4) is 0 Å². The van der Waals surface area contributed by atoms with Gasteiger partial charge in [0.05, 0.1) is 6.04 Å². The molecule has 2 unspecified atom stereocenters. The highest BCUT2D eigenvalue weighted by molar-refractivity contribution is 5.83. The maximum absolute atomic E-state index is 11.2. The van der Waals surface area contributed by atoms with Crippen LogP contribution in [0.2, 0.25) is 0 Å². The van der Waals surface area contributed by atoms with Crippen molar-refractivity contribution >= 4 is 11.9 Å². The van der Waals surface area contributed by atoms with E-state index in [0.717, 1.165) is 12.8 Å². The number of piperidine rings is 1. The van der Waals surface area contributed by atoms with Gasteiger partial charge in [0.2, 0.25) is 5.91 Å². The summed E-state index contributed by atoms with van der Waals surface area (Å²) in [6.07, 6.45) is 2.37. The largest absolute Gasteiger partial charge is 0.480 e. The van der Waals surface area contributed by atoms with Crippen molar-refractivity contribution in [2.75, 3.05) is 6.54 Å². The van der Waals surface area contributed by atoms with Crippen LogP contribution in [-0.2, 0) is 9.59 Å². The number of hydrogen-bond donors (Lipinski definition) is 2. The van der Waals surface area contributed by atoms with E-state index in [4.69, 9.17) is 5.73 Å². The molecule has 3 N–H and O–H groups in total. The molecule has 1 aliphatic rings. The topological polar surface area (TPSA) is 83.6 Å². The van der Waals surface area contributed by atoms with E-state index in [0.29, 0.717) is 13.0 Å². The van der Waals surface area contributed by atoms with Crippen LogP contribution in [0.4, 0.5) is 0 Å². The van der Waals surface area contributed by atoms with E-state index in [-0.39, 0.29) is 0 Å². The third-order valence-electron chi connectivity index (χ3n) is 3.29. The van der Waals surface area contributed by atoms with E-state index in [1.165, 1.54) is 0 Å². The van der Waals surface area contributed by atoms with Crippen molar-refractivity contribution in [2.24, 2.45) is 5.73 Å². The fourth-order valence-electron chi connectivity index (χ4n) is 2.15. The van der Waals surface area contributed by atoms with Crippen LogP contribution in [0.1, 0.15) is 33.1 Å². The molecule has 1 heterocycles. The molecule has 0 aromatic heterocycles. The molecule has 5 nitrogen and oxygen atoms in total. The molecule has 1 saturated heterocycles. The number of likely N-dealkylation sites (tertiary alicyclic amines) is 1. The molecule has 0 aromatic rings. The fourth-order valence-corrected chi connectivity index (χ4v) is 2.15. The number of amides is 1. The molecule has 1 aliphatic heterocycles. The highest BCUT2D eigenvalue weighted by atomic mass is 16.4. The number of carbonyl (C=O) groups is 2. The Morgan fingerprint density at radius 3 is 2.53 bits per heavy atom. The molecule has 15 heavy (non-hydrogen) atoms. The van der Waals surface area contributed by atoms with Crippen molar-refractivity contribution < 1.29 is 14.7 Å². The average molecular weight is 214 g/mol. The Hall–Kier alpha value is -1.10. The molecule has 0 radical (unpaired) electrons. The van der Waals surface area contributed by atoms with Gasteiger partial charge in [-0.2, -0.15) is 0 Å². The molecule has 0 bridgehead atoms. The zero-order valence-electron chi connectivity index (χ0n) is 9.19. The third kappa shape index (κ3) is 2.12. The summed E-state index contributed by atoms with van der Waals surface area (Å²) in [5.41, 5.74) is 4.26. The number of hydrogen-bond acceptors (Lipinski definition) is 3. The van der Waals surface area contributed by atoms with E-state index in [9.17, 15) is 14.7 Å². The predicted octanol–water partition coefficient (Wildman–Crippen LogP) is 0.189. The van der Waals surface area contributed by atoms with E-state index < -0.39 is 23.5 Å². The number of primary amides is 1. The standard InChI is InChI=1S/C10H18N2O3/c1-7(8(11)13)12-6-4-3-5-10(12,2)9(14)15/h7H,3-6H2,1-2H3,(H2,11,13)(H,14,15). The Morgan fingerprint density at radius 2 is 2.07 bits per heavy atom. The summed E-state index contributed by atoms with van der Waals surface area (Å²) in [4.78, 5) is 24.0. The van der Waals surface area contributed by atoms with Crippen LogP contribution in [-0.4, -0.2) is 40.0 Å². The van der Waals surface area contributed by atoms with Gasteiger partial charge in [0.25, 0.3) is 0 Å². The van der Waals surface area contributed by atoms with Gasteiger partial charge in [-0.3, -0.25) is 14.5 Å². The summed E-state index contributed by atoms with van der Waals surface area (Å²) in [5, 5.41) is 9.20. The minimum atomic E-state index is -0.952. The molecule has 5 heteroatoms. The highest BCUT2D eigenvalue weighted by Gasteiger charge is 2.44. The molecular weight excluding hydrogens is 196 g/mol. The molecule has 0 saturated carbocycles. The number of rotatable bonds is 3. The first-order valence-electron chi connectivity index (χ1n) is 5.19. The third-order valence-corrected chi connectivity index (χ3v) is 3.29. The lowest BCUT2D eigenvalue weighted by atomic mass is 9.87. The second kappa shape index (κ2) is 4.18. The molecular formula is C10H18N2O3. The van der Waals surface area contributed by atoms with Gasteiger partial charge in [-0.05, 0) is 33.1 Å². The summed E-state index contributed by atoms with van der Waals surface area (Å²) >= 11 is 0. The highest BCUT2D eigenvalue weighted by Crippen LogP contribution is 2.29. The Kier molecular flexibility index (Phi) is 3.34. The summed E-state index contributed by atoms with van der Waals surface area (Å²) < 4.78 is 0. The first kappa shape index (κ1) is 12.0. The van der Waals surface area contributed by atoms with E-state index in [1.807, 2.05) is 0 Å². The fraction of sp³-hybridized carbons (Fsp3) is 0.800. The predicted molar refractivity (Wildman–Crippen MR) is 55.3 cm³/mol. The number of carbonyl (C=O) groups excluding carboxylic acids is 1. The van der Waals surface area contributed by atoms with Crippen molar-refractivity contribution in [1.29, 1.82) is 0 Å². The van der Waals surface area contributed by atoms with Crippen molar-refractivity contribution in [2.45, 2.75) is 44.7 Å². The summed E-state index contributed by atoms with van der Waals surface area (Å²) in [7, 11) is 0. The molecule has 0 aliphatic carbocycles. The van der Waals surface area contributed by atoms with Crippen LogP contribution in [0.15, 0.2) is 0 Å². The quantitative estimate of drug-likeness (QED) is 0.702. The van der Waals surface area contributed by atoms with Crippen molar-refractivity contribution in [3.63, 3.8) is 0 Å². The average Bonchev–Trinajstić information content (AvgIpc) is 2.17. The first-order valence-corrected chi connectivity index (χ1v) is 5.19. The van der Waals surface area contributed by atoms with Crippen LogP contribution < -0.4 is 5.73 Å². The van der Waals surface area contributed by atoms with Gasteiger partial charge in [0.15, 0.2) is 0 Å². The minimum Gasteiger partial charge on any atom is -0.480 e. The summed E-state index contributed by atoms with van der Waals surface area (Å²) in [6, 6.07) is -0.522. The molecule has 1 rings (SSSR count). The molecule has 1 fully saturated rings. The first-order chi connectivity index (χ1) is 6.89. The van der Waals surface area contributed by atoms with Crippen molar-refractivity contribution in [1.82, 2.24) is 4.90 Å². The van der Waals surface area contributed by atoms with Crippen LogP contribution >= 0.6 is 0 Å². The van der Waals surface area contributed by atoms with Gasteiger partial charge in [0, 0.05) is 6.54 Å². The number of aliphatic carboxylic acids is 1. The van der Waals surface area contributed by atoms with Gasteiger partial charge in [-0.1, -0.05) is 0 Å². The van der Waals surface area contributed by atoms with Gasteiger partial charge < -0.3 is 10.8 Å². The lowest BCUT2D eigenvalue weighted by molar-refractivity contribution is -0.156. The minimum absolute atomic E-state index is 0.468. The lowest BCUT2D eigenvalue weighted by Crippen LogP contribution is -2.61. The molecule has 2 atom stereocenters. The van der Waals surface area contributed by atoms with Gasteiger partial charge in [-0.15, -0.1) is 0 Å².